The van der Waals surface area contributed by atoms with Crippen LogP contribution in [0, 0.1) is 5.82 Å². The molecule has 2 fully saturated rings. The van der Waals surface area contributed by atoms with Gasteiger partial charge < -0.3 is 24.6 Å². The highest BCUT2D eigenvalue weighted by molar-refractivity contribution is 6.13. The number of carbonyl (C=O) groups is 1. The number of methoxy groups -OCH3 is 1. The van der Waals surface area contributed by atoms with Gasteiger partial charge in [0, 0.05) is 36.4 Å². The highest BCUT2D eigenvalue weighted by atomic mass is 19.1. The van der Waals surface area contributed by atoms with E-state index in [9.17, 15) is 9.18 Å². The van der Waals surface area contributed by atoms with E-state index in [1.54, 1.807) is 30.2 Å². The van der Waals surface area contributed by atoms with Crippen LogP contribution in [0.25, 0.3) is 5.70 Å². The first kappa shape index (κ1) is 21.5. The number of carbonyl (C=O) groups excluding carboxylic acids is 1. The predicted molar refractivity (Wildman–Crippen MR) is 125 cm³/mol. The minimum atomic E-state index is -0.399. The number of amides is 1. The smallest absolute Gasteiger partial charge is 0.258 e. The fourth-order valence-corrected chi connectivity index (χ4v) is 4.21. The number of ether oxygens (including phenoxy) is 2. The standard InChI is InChI=1S/C25H27FN4O3/c1-32-19-6-4-5-18(15-19)30(17-9-10-17)24(31)21-16-27-25(29-11-13-33-14-12-29)28-23(21)20-7-2-3-8-22(20)26/h2-8,15,17H,9-14,16H2,1H3,(H,27,28). The number of hydrogen-bond acceptors (Lipinski definition) is 6. The molecule has 0 atom stereocenters. The van der Waals surface area contributed by atoms with Crippen molar-refractivity contribution >= 4 is 23.3 Å². The van der Waals surface area contributed by atoms with Crippen LogP contribution in [0.5, 0.6) is 5.75 Å². The maximum absolute atomic E-state index is 14.9. The quantitative estimate of drug-likeness (QED) is 0.759. The van der Waals surface area contributed by atoms with Gasteiger partial charge in [-0.05, 0) is 37.1 Å². The molecule has 0 bridgehead atoms. The number of aliphatic imine (C=N–C) groups is 1. The van der Waals surface area contributed by atoms with Gasteiger partial charge in [-0.15, -0.1) is 0 Å². The third kappa shape index (κ3) is 4.43. The van der Waals surface area contributed by atoms with E-state index in [1.165, 1.54) is 6.07 Å². The van der Waals surface area contributed by atoms with E-state index < -0.39 is 5.82 Å². The summed E-state index contributed by atoms with van der Waals surface area (Å²) in [7, 11) is 1.61. The van der Waals surface area contributed by atoms with E-state index >= 15 is 0 Å². The molecule has 33 heavy (non-hydrogen) atoms. The van der Waals surface area contributed by atoms with Crippen LogP contribution >= 0.6 is 0 Å². The highest BCUT2D eigenvalue weighted by Crippen LogP contribution is 2.36. The Labute approximate surface area is 192 Å². The Bertz CT molecular complexity index is 1110. The molecule has 7 nitrogen and oxygen atoms in total. The summed E-state index contributed by atoms with van der Waals surface area (Å²) in [6, 6.07) is 14.1. The van der Waals surface area contributed by atoms with E-state index in [1.807, 2.05) is 24.3 Å². The molecule has 172 valence electrons. The first-order valence-electron chi connectivity index (χ1n) is 11.3. The summed E-state index contributed by atoms with van der Waals surface area (Å²) in [5.41, 5.74) is 1.93. The van der Waals surface area contributed by atoms with Gasteiger partial charge in [-0.3, -0.25) is 4.79 Å². The van der Waals surface area contributed by atoms with Crippen LogP contribution in [0.4, 0.5) is 10.1 Å². The summed E-state index contributed by atoms with van der Waals surface area (Å²) >= 11 is 0. The number of anilines is 1. The predicted octanol–water partition coefficient (Wildman–Crippen LogP) is 3.03. The summed E-state index contributed by atoms with van der Waals surface area (Å²) in [4.78, 5) is 22.6. The average molecular weight is 451 g/mol. The summed E-state index contributed by atoms with van der Waals surface area (Å²) in [6.07, 6.45) is 1.86. The number of nitrogens with zero attached hydrogens (tertiary/aromatic N) is 3. The van der Waals surface area contributed by atoms with Crippen molar-refractivity contribution in [1.29, 1.82) is 0 Å². The second-order valence-electron chi connectivity index (χ2n) is 8.30. The summed E-state index contributed by atoms with van der Waals surface area (Å²) in [5.74, 6) is 0.765. The van der Waals surface area contributed by atoms with Crippen molar-refractivity contribution in [2.45, 2.75) is 18.9 Å². The molecule has 1 aliphatic carbocycles. The number of rotatable bonds is 5. The first-order chi connectivity index (χ1) is 16.2. The van der Waals surface area contributed by atoms with Crippen molar-refractivity contribution in [3.05, 3.63) is 65.5 Å². The Morgan fingerprint density at radius 2 is 1.97 bits per heavy atom. The van der Waals surface area contributed by atoms with Gasteiger partial charge in [0.05, 0.1) is 38.1 Å². The molecular formula is C25H27FN4O3. The average Bonchev–Trinajstić information content (AvgIpc) is 3.70. The van der Waals surface area contributed by atoms with Gasteiger partial charge in [0.25, 0.3) is 5.91 Å². The number of nitrogens with one attached hydrogen (secondary N) is 1. The molecule has 2 aromatic carbocycles. The van der Waals surface area contributed by atoms with Gasteiger partial charge in [0.15, 0.2) is 5.96 Å². The van der Waals surface area contributed by atoms with E-state index in [-0.39, 0.29) is 18.5 Å². The molecule has 1 saturated carbocycles. The Kier molecular flexibility index (Phi) is 6.00. The topological polar surface area (TPSA) is 66.4 Å². The molecule has 3 aliphatic rings. The zero-order valence-electron chi connectivity index (χ0n) is 18.6. The lowest BCUT2D eigenvalue weighted by Crippen LogP contribution is -2.50. The second kappa shape index (κ2) is 9.23. The van der Waals surface area contributed by atoms with Gasteiger partial charge in [0.1, 0.15) is 11.6 Å². The van der Waals surface area contributed by atoms with Crippen molar-refractivity contribution in [3.8, 4) is 5.75 Å². The molecule has 0 spiro atoms. The van der Waals surface area contributed by atoms with Gasteiger partial charge in [0.2, 0.25) is 0 Å². The fourth-order valence-electron chi connectivity index (χ4n) is 4.21. The third-order valence-corrected chi connectivity index (χ3v) is 6.09. The molecular weight excluding hydrogens is 423 g/mol. The molecule has 1 saturated heterocycles. The molecule has 0 unspecified atom stereocenters. The van der Waals surface area contributed by atoms with Crippen LogP contribution in [0.3, 0.4) is 0 Å². The van der Waals surface area contributed by atoms with E-state index in [2.05, 4.69) is 10.2 Å². The van der Waals surface area contributed by atoms with Crippen molar-refractivity contribution in [1.82, 2.24) is 10.2 Å². The van der Waals surface area contributed by atoms with Crippen molar-refractivity contribution in [3.63, 3.8) is 0 Å². The van der Waals surface area contributed by atoms with E-state index in [0.717, 1.165) is 18.5 Å². The normalized spacial score (nSPS) is 18.5. The van der Waals surface area contributed by atoms with E-state index in [0.29, 0.717) is 54.8 Å². The number of guanidine groups is 1. The lowest BCUT2D eigenvalue weighted by molar-refractivity contribution is -0.115. The Hall–Kier alpha value is -3.39. The van der Waals surface area contributed by atoms with E-state index in [4.69, 9.17) is 14.5 Å². The lowest BCUT2D eigenvalue weighted by Gasteiger charge is -2.33. The van der Waals surface area contributed by atoms with Crippen molar-refractivity contribution in [2.24, 2.45) is 4.99 Å². The monoisotopic (exact) mass is 450 g/mol. The van der Waals surface area contributed by atoms with Crippen LogP contribution in [0.15, 0.2) is 59.1 Å². The maximum Gasteiger partial charge on any atom is 0.258 e. The third-order valence-electron chi connectivity index (χ3n) is 6.09. The number of benzene rings is 2. The maximum atomic E-state index is 14.9. The minimum Gasteiger partial charge on any atom is -0.497 e. The highest BCUT2D eigenvalue weighted by Gasteiger charge is 2.37. The van der Waals surface area contributed by atoms with Crippen LogP contribution in [0.2, 0.25) is 0 Å². The lowest BCUT2D eigenvalue weighted by atomic mass is 10.0. The molecule has 2 aliphatic heterocycles. The van der Waals surface area contributed by atoms with Crippen molar-refractivity contribution < 1.29 is 18.7 Å². The Morgan fingerprint density at radius 3 is 2.70 bits per heavy atom. The van der Waals surface area contributed by atoms with Crippen molar-refractivity contribution in [2.75, 3.05) is 44.9 Å². The van der Waals surface area contributed by atoms with Gasteiger partial charge in [-0.25, -0.2) is 9.38 Å². The zero-order valence-corrected chi connectivity index (χ0v) is 18.6. The first-order valence-corrected chi connectivity index (χ1v) is 11.3. The van der Waals surface area contributed by atoms with Gasteiger partial charge in [-0.2, -0.15) is 0 Å². The summed E-state index contributed by atoms with van der Waals surface area (Å²) in [6.45, 7) is 2.87. The Morgan fingerprint density at radius 1 is 1.18 bits per heavy atom. The SMILES string of the molecule is COc1cccc(N(C(=O)C2=C(c3ccccc3F)N=C(N3CCOCC3)NC2)C2CC2)c1. The summed E-state index contributed by atoms with van der Waals surface area (Å²) in [5, 5.41) is 3.30. The Balaban J connectivity index is 1.58. The molecule has 1 amide bonds. The molecule has 2 heterocycles. The van der Waals surface area contributed by atoms with Crippen LogP contribution in [0.1, 0.15) is 18.4 Å². The minimum absolute atomic E-state index is 0.114. The zero-order chi connectivity index (χ0) is 22.8. The second-order valence-corrected chi connectivity index (χ2v) is 8.30. The van der Waals surface area contributed by atoms with Gasteiger partial charge in [-0.1, -0.05) is 18.2 Å². The molecule has 0 aromatic heterocycles. The van der Waals surface area contributed by atoms with Crippen LogP contribution < -0.4 is 15.0 Å². The molecule has 1 N–H and O–H groups in total. The number of morpholine rings is 1. The van der Waals surface area contributed by atoms with Crippen LogP contribution in [-0.4, -0.2) is 62.8 Å². The number of hydrogen-bond donors (Lipinski definition) is 1. The summed E-state index contributed by atoms with van der Waals surface area (Å²) < 4.78 is 25.7. The molecule has 2 aromatic rings. The largest absolute Gasteiger partial charge is 0.497 e. The van der Waals surface area contributed by atoms with Gasteiger partial charge >= 0.3 is 0 Å². The number of halogens is 1. The molecule has 5 rings (SSSR count). The molecule has 0 radical (unpaired) electrons. The molecule has 8 heteroatoms. The fraction of sp³-hybridized carbons (Fsp3) is 0.360. The van der Waals surface area contributed by atoms with Crippen LogP contribution in [-0.2, 0) is 9.53 Å².